The number of fused-ring (bicyclic) bond motifs is 1. The molecule has 0 unspecified atom stereocenters. The molecule has 0 bridgehead atoms. The van der Waals surface area contributed by atoms with Crippen LogP contribution in [0, 0.1) is 25.2 Å². The van der Waals surface area contributed by atoms with Gasteiger partial charge in [-0.1, -0.05) is 12.1 Å². The van der Waals surface area contributed by atoms with E-state index in [-0.39, 0.29) is 6.42 Å². The summed E-state index contributed by atoms with van der Waals surface area (Å²) in [7, 11) is 2.13. The van der Waals surface area contributed by atoms with Crippen LogP contribution in [0.4, 0.5) is 16.3 Å². The van der Waals surface area contributed by atoms with Crippen LogP contribution in [0.2, 0.25) is 0 Å². The molecular formula is C32H43N7O3. The first-order chi connectivity index (χ1) is 20.0. The molecule has 10 nitrogen and oxygen atoms in total. The van der Waals surface area contributed by atoms with Crippen LogP contribution in [0.25, 0.3) is 0 Å². The van der Waals surface area contributed by atoms with E-state index in [2.05, 4.69) is 59.9 Å². The van der Waals surface area contributed by atoms with Crippen molar-refractivity contribution in [1.29, 1.82) is 5.26 Å². The largest absolute Gasteiger partial charge is 0.462 e. The quantitative estimate of drug-likeness (QED) is 0.476. The van der Waals surface area contributed by atoms with Crippen LogP contribution < -0.4 is 14.5 Å². The van der Waals surface area contributed by atoms with E-state index in [1.807, 2.05) is 27.0 Å². The Bertz CT molecular complexity index is 1390. The number of hydrogen-bond donors (Lipinski definition) is 0. The predicted octanol–water partition coefficient (Wildman–Crippen LogP) is 4.94. The van der Waals surface area contributed by atoms with Crippen molar-refractivity contribution in [3.05, 3.63) is 52.5 Å². The Morgan fingerprint density at radius 1 is 1.14 bits per heavy atom. The Balaban J connectivity index is 1.48. The number of amides is 1. The third kappa shape index (κ3) is 6.46. The Kier molecular flexibility index (Phi) is 8.60. The number of rotatable bonds is 6. The number of ether oxygens (including phenoxy) is 2. The summed E-state index contributed by atoms with van der Waals surface area (Å²) < 4.78 is 11.9. The van der Waals surface area contributed by atoms with Crippen LogP contribution in [-0.4, -0.2) is 77.3 Å². The summed E-state index contributed by atoms with van der Waals surface area (Å²) in [5.74, 6) is 0.787. The molecule has 1 amide bonds. The van der Waals surface area contributed by atoms with E-state index >= 15 is 0 Å². The topological polar surface area (TPSA) is 98.1 Å². The number of nitriles is 1. The normalized spacial score (nSPS) is 19.3. The first-order valence-electron chi connectivity index (χ1n) is 14.9. The lowest BCUT2D eigenvalue weighted by atomic mass is 10.0. The molecule has 2 aromatic rings. The fourth-order valence-corrected chi connectivity index (χ4v) is 5.92. The van der Waals surface area contributed by atoms with Gasteiger partial charge < -0.3 is 24.2 Å². The van der Waals surface area contributed by atoms with E-state index in [1.165, 1.54) is 23.2 Å². The molecular weight excluding hydrogens is 530 g/mol. The number of carbonyl (C=O) groups is 1. The van der Waals surface area contributed by atoms with Crippen LogP contribution in [0.1, 0.15) is 62.4 Å². The minimum Gasteiger partial charge on any atom is -0.462 e. The molecule has 0 aliphatic carbocycles. The van der Waals surface area contributed by atoms with E-state index in [0.29, 0.717) is 44.0 Å². The molecule has 0 N–H and O–H groups in total. The van der Waals surface area contributed by atoms with Crippen molar-refractivity contribution >= 4 is 17.6 Å². The van der Waals surface area contributed by atoms with E-state index in [4.69, 9.17) is 19.4 Å². The second-order valence-corrected chi connectivity index (χ2v) is 12.5. The molecule has 3 aliphatic rings. The Morgan fingerprint density at radius 3 is 2.67 bits per heavy atom. The zero-order valence-electron chi connectivity index (χ0n) is 25.8. The number of likely N-dealkylation sites (tertiary alicyclic amines) is 1. The number of aryl methyl sites for hydroxylation is 1. The molecule has 1 atom stereocenters. The fourth-order valence-electron chi connectivity index (χ4n) is 5.92. The summed E-state index contributed by atoms with van der Waals surface area (Å²) >= 11 is 0. The summed E-state index contributed by atoms with van der Waals surface area (Å²) in [5.41, 5.74) is 5.76. The smallest absolute Gasteiger partial charge is 0.414 e. The monoisotopic (exact) mass is 573 g/mol. The highest BCUT2D eigenvalue weighted by molar-refractivity contribution is 5.72. The molecule has 0 spiro atoms. The van der Waals surface area contributed by atoms with E-state index < -0.39 is 11.7 Å². The molecule has 1 aromatic carbocycles. The van der Waals surface area contributed by atoms with Gasteiger partial charge in [-0.2, -0.15) is 15.2 Å². The van der Waals surface area contributed by atoms with Gasteiger partial charge in [-0.3, -0.25) is 4.90 Å². The average molecular weight is 574 g/mol. The Labute approximate surface area is 249 Å². The number of carbonyl (C=O) groups excluding carboxylic acids is 1. The maximum atomic E-state index is 13.0. The lowest BCUT2D eigenvalue weighted by Gasteiger charge is -2.37. The van der Waals surface area contributed by atoms with Gasteiger partial charge >= 0.3 is 12.1 Å². The molecule has 4 heterocycles. The number of nitrogens with zero attached hydrogens (tertiary/aromatic N) is 7. The van der Waals surface area contributed by atoms with Gasteiger partial charge in [0.05, 0.1) is 30.4 Å². The van der Waals surface area contributed by atoms with Crippen LogP contribution in [0.3, 0.4) is 0 Å². The van der Waals surface area contributed by atoms with Crippen molar-refractivity contribution in [3.63, 3.8) is 0 Å². The second kappa shape index (κ2) is 12.2. The zero-order chi connectivity index (χ0) is 30.0. The highest BCUT2D eigenvalue weighted by Gasteiger charge is 2.32. The lowest BCUT2D eigenvalue weighted by Crippen LogP contribution is -2.44. The summed E-state index contributed by atoms with van der Waals surface area (Å²) in [6, 6.07) is 9.35. The number of aromatic nitrogens is 2. The SMILES string of the molecule is Cc1cccc(N2CCc3c(nc(OC[C@@H]4CCCN4C)nc3N3C=C(CC#N)N(C(=O)OC(C)(C)C)CC3)C2)c1C. The van der Waals surface area contributed by atoms with Crippen molar-refractivity contribution in [2.45, 2.75) is 78.5 Å². The standard InChI is InChI=1S/C32H43N7O3/c1-22-9-7-11-28(23(22)2)37-16-13-26-27(20-37)34-30(41-21-25-10-8-15-36(25)6)35-29(26)38-17-18-39(24(19-38)12-14-33)31(40)42-32(3,4)5/h7,9,11,19,25H,8,10,12-13,15-18,20-21H2,1-6H3/t25-/m0/s1. The lowest BCUT2D eigenvalue weighted by molar-refractivity contribution is 0.0308. The molecule has 0 saturated carbocycles. The van der Waals surface area contributed by atoms with Crippen molar-refractivity contribution in [2.75, 3.05) is 49.6 Å². The van der Waals surface area contributed by atoms with Crippen molar-refractivity contribution in [2.24, 2.45) is 0 Å². The Morgan fingerprint density at radius 2 is 1.95 bits per heavy atom. The third-order valence-corrected chi connectivity index (χ3v) is 8.38. The predicted molar refractivity (Wildman–Crippen MR) is 162 cm³/mol. The molecule has 224 valence electrons. The highest BCUT2D eigenvalue weighted by Crippen LogP contribution is 2.34. The van der Waals surface area contributed by atoms with Crippen LogP contribution in [0.5, 0.6) is 6.01 Å². The summed E-state index contributed by atoms with van der Waals surface area (Å²) in [6.07, 6.45) is 4.55. The minimum atomic E-state index is -0.626. The summed E-state index contributed by atoms with van der Waals surface area (Å²) in [5, 5.41) is 9.57. The number of allylic oxidation sites excluding steroid dienone is 1. The van der Waals surface area contributed by atoms with Gasteiger partial charge in [-0.15, -0.1) is 0 Å². The van der Waals surface area contributed by atoms with Gasteiger partial charge in [-0.05, 0) is 84.7 Å². The van der Waals surface area contributed by atoms with Gasteiger partial charge in [0.2, 0.25) is 0 Å². The van der Waals surface area contributed by atoms with Gasteiger partial charge in [0.15, 0.2) is 0 Å². The van der Waals surface area contributed by atoms with Gasteiger partial charge in [0.1, 0.15) is 18.0 Å². The van der Waals surface area contributed by atoms with Crippen LogP contribution >= 0.6 is 0 Å². The fraction of sp³-hybridized carbons (Fsp3) is 0.562. The highest BCUT2D eigenvalue weighted by atomic mass is 16.6. The van der Waals surface area contributed by atoms with Crippen molar-refractivity contribution < 1.29 is 14.3 Å². The molecule has 10 heteroatoms. The number of benzene rings is 1. The number of hydrogen-bond acceptors (Lipinski definition) is 9. The molecule has 1 saturated heterocycles. The molecule has 1 fully saturated rings. The van der Waals surface area contributed by atoms with Crippen molar-refractivity contribution in [1.82, 2.24) is 19.8 Å². The average Bonchev–Trinajstić information content (AvgIpc) is 3.36. The maximum absolute atomic E-state index is 13.0. The molecule has 1 aromatic heterocycles. The van der Waals surface area contributed by atoms with Crippen LogP contribution in [0.15, 0.2) is 30.1 Å². The van der Waals surface area contributed by atoms with E-state index in [0.717, 1.165) is 43.0 Å². The molecule has 5 rings (SSSR count). The summed E-state index contributed by atoms with van der Waals surface area (Å²) in [6.45, 7) is 13.9. The molecule has 0 radical (unpaired) electrons. The van der Waals surface area contributed by atoms with E-state index in [9.17, 15) is 10.1 Å². The van der Waals surface area contributed by atoms with Gasteiger partial charge in [-0.25, -0.2) is 4.79 Å². The second-order valence-electron chi connectivity index (χ2n) is 12.5. The first-order valence-corrected chi connectivity index (χ1v) is 14.9. The van der Waals surface area contributed by atoms with Crippen molar-refractivity contribution in [3.8, 4) is 12.1 Å². The molecule has 42 heavy (non-hydrogen) atoms. The van der Waals surface area contributed by atoms with Gasteiger partial charge in [0, 0.05) is 43.1 Å². The zero-order valence-corrected chi connectivity index (χ0v) is 25.8. The maximum Gasteiger partial charge on any atom is 0.414 e. The summed E-state index contributed by atoms with van der Waals surface area (Å²) in [4.78, 5) is 31.2. The third-order valence-electron chi connectivity index (χ3n) is 8.38. The molecule has 3 aliphatic heterocycles. The van der Waals surface area contributed by atoms with Gasteiger partial charge in [0.25, 0.3) is 0 Å². The minimum absolute atomic E-state index is 0.0841. The number of anilines is 2. The first kappa shape index (κ1) is 29.6. The van der Waals surface area contributed by atoms with Crippen LogP contribution in [-0.2, 0) is 17.7 Å². The Hall–Kier alpha value is -3.84. The van der Waals surface area contributed by atoms with E-state index in [1.54, 1.807) is 4.90 Å². The number of likely N-dealkylation sites (N-methyl/N-ethyl adjacent to an activating group) is 1.